The smallest absolute Gasteiger partial charge is 0.328 e. The van der Waals surface area contributed by atoms with Crippen LogP contribution in [0.5, 0.6) is 0 Å². The van der Waals surface area contributed by atoms with Crippen LogP contribution in [-0.4, -0.2) is 23.1 Å². The van der Waals surface area contributed by atoms with E-state index in [1.54, 1.807) is 0 Å². The Bertz CT molecular complexity index is 616. The van der Waals surface area contributed by atoms with E-state index in [0.29, 0.717) is 11.8 Å². The lowest BCUT2D eigenvalue weighted by atomic mass is 9.46. The Labute approximate surface area is 157 Å². The second kappa shape index (κ2) is 7.58. The van der Waals surface area contributed by atoms with Crippen LogP contribution in [0.2, 0.25) is 0 Å². The number of carbonyl (C=O) groups excluding carboxylic acids is 1. The number of hydrogen-bond acceptors (Lipinski definition) is 3. The monoisotopic (exact) mass is 362 g/mol. The minimum atomic E-state index is -0.878. The van der Waals surface area contributed by atoms with Crippen LogP contribution in [0.1, 0.15) is 73.1 Å². The van der Waals surface area contributed by atoms with Crippen LogP contribution in [0.3, 0.4) is 0 Å². The second-order valence-electron chi connectivity index (χ2n) is 9.13. The molecule has 0 radical (unpaired) electrons. The van der Waals surface area contributed by atoms with E-state index in [1.807, 2.05) is 6.92 Å². The number of carboxylic acid groups (broad SMARTS) is 1. The molecule has 0 heterocycles. The Hall–Kier alpha value is -1.58. The van der Waals surface area contributed by atoms with Crippen molar-refractivity contribution in [3.05, 3.63) is 23.8 Å². The Kier molecular flexibility index (Phi) is 6.04. The van der Waals surface area contributed by atoms with Gasteiger partial charge in [0, 0.05) is 18.4 Å². The normalized spacial score (nSPS) is 34.1. The van der Waals surface area contributed by atoms with Gasteiger partial charge in [-0.1, -0.05) is 38.5 Å². The standard InChI is InChI=1S/C22H34O4/c1-14(13-20(24)25)7-9-17-15(2)8-10-18-21(4,5)19(26-16(3)23)11-12-22(17,18)6/h13,17-19H,2,7-12H2,1,3-6H3,(H,24,25)/t17?,18?,19?,22-/m1/s1. The molecule has 0 aromatic carbocycles. The quantitative estimate of drug-likeness (QED) is 0.418. The lowest BCUT2D eigenvalue weighted by Crippen LogP contribution is -2.55. The first kappa shape index (κ1) is 20.7. The summed E-state index contributed by atoms with van der Waals surface area (Å²) in [4.78, 5) is 22.4. The summed E-state index contributed by atoms with van der Waals surface area (Å²) in [5.74, 6) is -0.224. The molecule has 26 heavy (non-hydrogen) atoms. The molecule has 0 amide bonds. The van der Waals surface area contributed by atoms with Crippen LogP contribution in [0.15, 0.2) is 23.8 Å². The average Bonchev–Trinajstić information content (AvgIpc) is 2.48. The zero-order chi connectivity index (χ0) is 19.7. The Morgan fingerprint density at radius 3 is 2.50 bits per heavy atom. The van der Waals surface area contributed by atoms with E-state index in [9.17, 15) is 9.59 Å². The molecule has 0 spiro atoms. The van der Waals surface area contributed by atoms with Crippen molar-refractivity contribution >= 4 is 11.9 Å². The largest absolute Gasteiger partial charge is 0.478 e. The summed E-state index contributed by atoms with van der Waals surface area (Å²) in [6, 6.07) is 0. The van der Waals surface area contributed by atoms with E-state index in [-0.39, 0.29) is 22.9 Å². The molecule has 2 saturated carbocycles. The molecular weight excluding hydrogens is 328 g/mol. The molecule has 0 aromatic heterocycles. The van der Waals surface area contributed by atoms with E-state index in [1.165, 1.54) is 18.6 Å². The number of carbonyl (C=O) groups is 2. The van der Waals surface area contributed by atoms with Crippen LogP contribution < -0.4 is 0 Å². The Morgan fingerprint density at radius 2 is 1.92 bits per heavy atom. The molecule has 1 N–H and O–H groups in total. The molecule has 0 aromatic rings. The predicted molar refractivity (Wildman–Crippen MR) is 103 cm³/mol. The molecule has 3 unspecified atom stereocenters. The second-order valence-corrected chi connectivity index (χ2v) is 9.13. The zero-order valence-electron chi connectivity index (χ0n) is 16.9. The van der Waals surface area contributed by atoms with E-state index in [0.717, 1.165) is 44.1 Å². The summed E-state index contributed by atoms with van der Waals surface area (Å²) >= 11 is 0. The summed E-state index contributed by atoms with van der Waals surface area (Å²) in [6.45, 7) is 14.6. The first-order chi connectivity index (χ1) is 12.0. The number of ether oxygens (including phenoxy) is 1. The predicted octanol–water partition coefficient (Wildman–Crippen LogP) is 5.14. The average molecular weight is 363 g/mol. The third kappa shape index (κ3) is 4.05. The molecule has 146 valence electrons. The molecular formula is C22H34O4. The first-order valence-corrected chi connectivity index (χ1v) is 9.73. The molecule has 2 aliphatic rings. The number of rotatable bonds is 5. The fourth-order valence-corrected chi connectivity index (χ4v) is 5.75. The van der Waals surface area contributed by atoms with Gasteiger partial charge >= 0.3 is 11.9 Å². The van der Waals surface area contributed by atoms with Crippen LogP contribution >= 0.6 is 0 Å². The van der Waals surface area contributed by atoms with Gasteiger partial charge in [-0.05, 0) is 62.7 Å². The van der Waals surface area contributed by atoms with Crippen LogP contribution in [0.4, 0.5) is 0 Å². The van der Waals surface area contributed by atoms with Crippen molar-refractivity contribution < 1.29 is 19.4 Å². The fraction of sp³-hybridized carbons (Fsp3) is 0.727. The highest BCUT2D eigenvalue weighted by molar-refractivity contribution is 5.80. The van der Waals surface area contributed by atoms with E-state index < -0.39 is 5.97 Å². The molecule has 0 saturated heterocycles. The van der Waals surface area contributed by atoms with Crippen molar-refractivity contribution in [2.45, 2.75) is 79.2 Å². The van der Waals surface area contributed by atoms with Gasteiger partial charge in [-0.2, -0.15) is 0 Å². The highest BCUT2D eigenvalue weighted by atomic mass is 16.5. The number of esters is 1. The summed E-state index contributed by atoms with van der Waals surface area (Å²) in [5.41, 5.74) is 2.26. The number of allylic oxidation sites excluding steroid dienone is 2. The number of fused-ring (bicyclic) bond motifs is 1. The van der Waals surface area contributed by atoms with Crippen molar-refractivity contribution in [3.8, 4) is 0 Å². The SMILES string of the molecule is C=C1CCC2C(C)(C)C(OC(C)=O)CC[C@]2(C)C1CCC(C)=CC(=O)O. The molecule has 0 bridgehead atoms. The van der Waals surface area contributed by atoms with Gasteiger partial charge in [-0.3, -0.25) is 4.79 Å². The van der Waals surface area contributed by atoms with Crippen molar-refractivity contribution in [3.63, 3.8) is 0 Å². The number of carboxylic acids is 1. The molecule has 4 atom stereocenters. The minimum Gasteiger partial charge on any atom is -0.478 e. The highest BCUT2D eigenvalue weighted by Crippen LogP contribution is 2.62. The van der Waals surface area contributed by atoms with Crippen molar-refractivity contribution in [2.24, 2.45) is 22.7 Å². The van der Waals surface area contributed by atoms with E-state index in [4.69, 9.17) is 9.84 Å². The summed E-state index contributed by atoms with van der Waals surface area (Å²) < 4.78 is 5.67. The van der Waals surface area contributed by atoms with Crippen LogP contribution in [-0.2, 0) is 14.3 Å². The summed E-state index contributed by atoms with van der Waals surface area (Å²) in [6.07, 6.45) is 6.99. The Balaban J connectivity index is 2.23. The number of hydrogen-bond donors (Lipinski definition) is 1. The van der Waals surface area contributed by atoms with Crippen molar-refractivity contribution in [2.75, 3.05) is 0 Å². The maximum Gasteiger partial charge on any atom is 0.328 e. The third-order valence-electron chi connectivity index (χ3n) is 7.02. The maximum atomic E-state index is 11.5. The van der Waals surface area contributed by atoms with Gasteiger partial charge in [-0.25, -0.2) is 4.79 Å². The zero-order valence-corrected chi connectivity index (χ0v) is 16.9. The molecule has 4 nitrogen and oxygen atoms in total. The van der Waals surface area contributed by atoms with Gasteiger partial charge in [0.25, 0.3) is 0 Å². The van der Waals surface area contributed by atoms with Crippen LogP contribution in [0.25, 0.3) is 0 Å². The maximum absolute atomic E-state index is 11.5. The summed E-state index contributed by atoms with van der Waals surface area (Å²) in [7, 11) is 0. The van der Waals surface area contributed by atoms with Gasteiger partial charge in [0.05, 0.1) is 0 Å². The van der Waals surface area contributed by atoms with Gasteiger partial charge in [0.1, 0.15) is 6.10 Å². The third-order valence-corrected chi connectivity index (χ3v) is 7.02. The lowest BCUT2D eigenvalue weighted by molar-refractivity contribution is -0.174. The van der Waals surface area contributed by atoms with Crippen molar-refractivity contribution in [1.82, 2.24) is 0 Å². The van der Waals surface area contributed by atoms with E-state index in [2.05, 4.69) is 27.4 Å². The lowest BCUT2D eigenvalue weighted by Gasteiger charge is -2.60. The molecule has 2 aliphatic carbocycles. The fourth-order valence-electron chi connectivity index (χ4n) is 5.75. The highest BCUT2D eigenvalue weighted by Gasteiger charge is 2.56. The number of aliphatic carboxylic acids is 1. The first-order valence-electron chi connectivity index (χ1n) is 9.73. The molecule has 2 fully saturated rings. The van der Waals surface area contributed by atoms with Crippen molar-refractivity contribution in [1.29, 1.82) is 0 Å². The molecule has 2 rings (SSSR count). The van der Waals surface area contributed by atoms with Gasteiger partial charge in [0.2, 0.25) is 0 Å². The van der Waals surface area contributed by atoms with E-state index >= 15 is 0 Å². The summed E-state index contributed by atoms with van der Waals surface area (Å²) in [5, 5.41) is 8.95. The topological polar surface area (TPSA) is 63.6 Å². The molecule has 4 heteroatoms. The minimum absolute atomic E-state index is 0.0290. The van der Waals surface area contributed by atoms with Gasteiger partial charge in [0.15, 0.2) is 0 Å². The van der Waals surface area contributed by atoms with Crippen LogP contribution in [0, 0.1) is 22.7 Å². The van der Waals surface area contributed by atoms with Gasteiger partial charge < -0.3 is 9.84 Å². The van der Waals surface area contributed by atoms with Gasteiger partial charge in [-0.15, -0.1) is 0 Å². The Morgan fingerprint density at radius 1 is 1.27 bits per heavy atom. The molecule has 0 aliphatic heterocycles.